The molecule has 4 aromatic carbocycles. The van der Waals surface area contributed by atoms with Gasteiger partial charge < -0.3 is 15.0 Å². The summed E-state index contributed by atoms with van der Waals surface area (Å²) in [5.41, 5.74) is -3.00. The van der Waals surface area contributed by atoms with Crippen LogP contribution in [0.4, 0.5) is 39.5 Å². The first kappa shape index (κ1) is 34.4. The van der Waals surface area contributed by atoms with Gasteiger partial charge >= 0.3 is 18.7 Å². The van der Waals surface area contributed by atoms with E-state index in [2.05, 4.69) is 10.1 Å². The number of carbonyl (C=O) groups excluding carboxylic acids is 1. The Hall–Kier alpha value is -4.52. The first-order valence-electron chi connectivity index (χ1n) is 13.6. The fraction of sp³-hybridized carbons (Fsp3) is 0.242. The topological polar surface area (TPSA) is 41.6 Å². The van der Waals surface area contributed by atoms with Crippen molar-refractivity contribution in [1.29, 1.82) is 0 Å². The molecule has 0 bridgehead atoms. The molecule has 0 saturated carbocycles. The van der Waals surface area contributed by atoms with Gasteiger partial charge in [-0.15, -0.1) is 0 Å². The number of hydrogen-bond donors (Lipinski definition) is 1. The van der Waals surface area contributed by atoms with E-state index in [0.717, 1.165) is 23.8 Å². The maximum Gasteiger partial charge on any atom is 0.461 e. The lowest BCUT2D eigenvalue weighted by atomic mass is 9.77. The Balaban J connectivity index is 1.97. The Morgan fingerprint density at radius 3 is 2.04 bits per heavy atom. The van der Waals surface area contributed by atoms with Crippen molar-refractivity contribution in [3.05, 3.63) is 136 Å². The highest BCUT2D eigenvalue weighted by Crippen LogP contribution is 2.39. The highest BCUT2D eigenvalue weighted by Gasteiger charge is 2.45. The Kier molecular flexibility index (Phi) is 10.0. The monoisotopic (exact) mass is 654 g/mol. The Labute approximate surface area is 258 Å². The van der Waals surface area contributed by atoms with E-state index in [9.17, 15) is 39.9 Å². The molecular formula is C33H27F9N2O2. The van der Waals surface area contributed by atoms with Crippen LogP contribution in [-0.4, -0.2) is 37.4 Å². The number of carbonyl (C=O) groups is 1. The molecule has 244 valence electrons. The summed E-state index contributed by atoms with van der Waals surface area (Å²) in [5, 5.41) is 2.63. The highest BCUT2D eigenvalue weighted by atomic mass is 19.4. The molecule has 4 nitrogen and oxygen atoms in total. The van der Waals surface area contributed by atoms with Crippen LogP contribution >= 0.6 is 0 Å². The van der Waals surface area contributed by atoms with E-state index in [1.807, 2.05) is 19.0 Å². The minimum absolute atomic E-state index is 0.225. The van der Waals surface area contributed by atoms with E-state index in [-0.39, 0.29) is 17.5 Å². The number of hydrogen-bond acceptors (Lipinski definition) is 3. The molecule has 0 aromatic heterocycles. The molecule has 0 saturated heterocycles. The van der Waals surface area contributed by atoms with Crippen molar-refractivity contribution in [2.75, 3.05) is 14.1 Å². The number of alkyl halides is 7. The molecule has 0 aliphatic rings. The summed E-state index contributed by atoms with van der Waals surface area (Å²) in [4.78, 5) is 15.6. The van der Waals surface area contributed by atoms with E-state index in [1.54, 1.807) is 54.6 Å². The van der Waals surface area contributed by atoms with Gasteiger partial charge in [-0.05, 0) is 66.7 Å². The quantitative estimate of drug-likeness (QED) is 0.166. The molecule has 1 atom stereocenters. The van der Waals surface area contributed by atoms with Gasteiger partial charge in [-0.25, -0.2) is 8.78 Å². The summed E-state index contributed by atoms with van der Waals surface area (Å²) < 4.78 is 128. The largest absolute Gasteiger partial charge is 0.461 e. The zero-order valence-corrected chi connectivity index (χ0v) is 24.3. The van der Waals surface area contributed by atoms with E-state index in [4.69, 9.17) is 0 Å². The summed E-state index contributed by atoms with van der Waals surface area (Å²) in [6.07, 6.45) is -14.6. The number of nitrogens with one attached hydrogen (secondary N) is 1. The lowest BCUT2D eigenvalue weighted by Crippen LogP contribution is -2.49. The zero-order valence-electron chi connectivity index (χ0n) is 24.3. The third-order valence-corrected chi connectivity index (χ3v) is 6.99. The maximum atomic E-state index is 15.1. The van der Waals surface area contributed by atoms with Crippen molar-refractivity contribution in [2.45, 2.75) is 37.2 Å². The van der Waals surface area contributed by atoms with Crippen LogP contribution in [0.2, 0.25) is 0 Å². The number of nitrogens with zero attached hydrogens (tertiary/aromatic N) is 1. The number of halogens is 9. The molecule has 1 amide bonds. The second-order valence-corrected chi connectivity index (χ2v) is 10.8. The molecule has 13 heteroatoms. The lowest BCUT2D eigenvalue weighted by molar-refractivity contribution is -0.253. The van der Waals surface area contributed by atoms with Gasteiger partial charge in [-0.2, -0.15) is 30.7 Å². The predicted molar refractivity (Wildman–Crippen MR) is 152 cm³/mol. The van der Waals surface area contributed by atoms with Gasteiger partial charge in [0.25, 0.3) is 5.91 Å². The second kappa shape index (κ2) is 13.5. The number of ether oxygens (including phenoxy) is 1. The minimum Gasteiger partial charge on any atom is -0.428 e. The third kappa shape index (κ3) is 8.00. The van der Waals surface area contributed by atoms with Gasteiger partial charge in [0.1, 0.15) is 17.4 Å². The average molecular weight is 655 g/mol. The van der Waals surface area contributed by atoms with Gasteiger partial charge in [0.2, 0.25) is 0 Å². The zero-order chi connectivity index (χ0) is 33.9. The van der Waals surface area contributed by atoms with Crippen molar-refractivity contribution in [2.24, 2.45) is 0 Å². The second-order valence-electron chi connectivity index (χ2n) is 10.8. The Bertz CT molecular complexity index is 1660. The molecule has 1 unspecified atom stereocenters. The van der Waals surface area contributed by atoms with Crippen molar-refractivity contribution >= 4 is 5.91 Å². The number of amides is 1. The molecule has 0 spiro atoms. The lowest BCUT2D eigenvalue weighted by Gasteiger charge is -2.37. The Morgan fingerprint density at radius 1 is 0.804 bits per heavy atom. The van der Waals surface area contributed by atoms with E-state index < -0.39 is 58.7 Å². The molecule has 1 N–H and O–H groups in total. The van der Waals surface area contributed by atoms with Crippen LogP contribution < -0.4 is 10.1 Å². The molecular weight excluding hydrogens is 627 g/mol. The normalized spacial score (nSPS) is 13.5. The Morgan fingerprint density at radius 2 is 1.46 bits per heavy atom. The fourth-order valence-electron chi connectivity index (χ4n) is 4.94. The van der Waals surface area contributed by atoms with Gasteiger partial charge in [-0.3, -0.25) is 4.79 Å². The number of benzene rings is 4. The molecule has 4 aromatic rings. The standard InChI is InChI=1S/C33H27F9N2O2/c1-44(2)19-21-8-11-23(12-9-21)31(18-20-6-4-3-5-7-20,24-15-25(34)17-26(16-24)46-33(41,42)30(36)37)43-29(45)22-10-13-28(35)27(14-22)32(38,39)40/h3-17,30H,18-19H2,1-2H3,(H,43,45). The predicted octanol–water partition coefficient (Wildman–Crippen LogP) is 8.20. The number of rotatable bonds is 11. The summed E-state index contributed by atoms with van der Waals surface area (Å²) in [6, 6.07) is 18.4. The molecule has 0 radical (unpaired) electrons. The van der Waals surface area contributed by atoms with E-state index in [0.29, 0.717) is 30.3 Å². The van der Waals surface area contributed by atoms with Crippen LogP contribution in [0.25, 0.3) is 0 Å². The first-order valence-corrected chi connectivity index (χ1v) is 13.6. The highest BCUT2D eigenvalue weighted by molar-refractivity contribution is 5.95. The smallest absolute Gasteiger partial charge is 0.428 e. The molecule has 4 rings (SSSR count). The van der Waals surface area contributed by atoms with E-state index in [1.165, 1.54) is 0 Å². The first-order chi connectivity index (χ1) is 21.5. The SMILES string of the molecule is CN(C)Cc1ccc(C(Cc2ccccc2)(NC(=O)c2ccc(F)c(C(F)(F)F)c2)c2cc(F)cc(OC(F)(F)C(F)F)c2)cc1. The van der Waals surface area contributed by atoms with Crippen molar-refractivity contribution in [3.8, 4) is 5.75 Å². The summed E-state index contributed by atoms with van der Waals surface area (Å²) in [7, 11) is 3.63. The maximum absolute atomic E-state index is 15.1. The minimum atomic E-state index is -5.14. The molecule has 0 aliphatic heterocycles. The van der Waals surface area contributed by atoms with Crippen LogP contribution in [0, 0.1) is 11.6 Å². The van der Waals surface area contributed by atoms with Gasteiger partial charge in [0.05, 0.1) is 11.1 Å². The molecule has 46 heavy (non-hydrogen) atoms. The van der Waals surface area contributed by atoms with E-state index >= 15 is 4.39 Å². The van der Waals surface area contributed by atoms with Crippen molar-refractivity contribution in [3.63, 3.8) is 0 Å². The fourth-order valence-corrected chi connectivity index (χ4v) is 4.94. The van der Waals surface area contributed by atoms with Crippen LogP contribution in [0.3, 0.4) is 0 Å². The van der Waals surface area contributed by atoms with Crippen LogP contribution in [0.5, 0.6) is 5.75 Å². The third-order valence-electron chi connectivity index (χ3n) is 6.99. The summed E-state index contributed by atoms with van der Waals surface area (Å²) in [5.74, 6) is -4.99. The average Bonchev–Trinajstić information content (AvgIpc) is 2.96. The van der Waals surface area contributed by atoms with Crippen molar-refractivity contribution in [1.82, 2.24) is 10.2 Å². The summed E-state index contributed by atoms with van der Waals surface area (Å²) in [6.45, 7) is 0.481. The van der Waals surface area contributed by atoms with Gasteiger partial charge in [0, 0.05) is 24.6 Å². The molecule has 0 aliphatic carbocycles. The molecule has 0 fully saturated rings. The summed E-state index contributed by atoms with van der Waals surface area (Å²) >= 11 is 0. The van der Waals surface area contributed by atoms with Crippen LogP contribution in [0.15, 0.2) is 91.0 Å². The van der Waals surface area contributed by atoms with Gasteiger partial charge in [-0.1, -0.05) is 54.6 Å². The van der Waals surface area contributed by atoms with Crippen molar-refractivity contribution < 1.29 is 49.0 Å². The van der Waals surface area contributed by atoms with Crippen LogP contribution in [0.1, 0.15) is 38.2 Å². The van der Waals surface area contributed by atoms with Crippen LogP contribution in [-0.2, 0) is 24.7 Å². The molecule has 0 heterocycles. The van der Waals surface area contributed by atoms with Gasteiger partial charge in [0.15, 0.2) is 0 Å².